The molecule has 2 rings (SSSR count). The molecule has 76 valence electrons. The van der Waals surface area contributed by atoms with Crippen LogP contribution in [-0.2, 0) is 10.2 Å². The Morgan fingerprint density at radius 3 is 2.57 bits per heavy atom. The van der Waals surface area contributed by atoms with Crippen LogP contribution in [0.2, 0.25) is 0 Å². The van der Waals surface area contributed by atoms with Crippen molar-refractivity contribution in [3.63, 3.8) is 0 Å². The van der Waals surface area contributed by atoms with Crippen molar-refractivity contribution in [1.29, 1.82) is 0 Å². The van der Waals surface area contributed by atoms with Crippen LogP contribution >= 0.6 is 0 Å². The molecule has 0 saturated carbocycles. The van der Waals surface area contributed by atoms with E-state index in [0.29, 0.717) is 0 Å². The second kappa shape index (κ2) is 3.71. The summed E-state index contributed by atoms with van der Waals surface area (Å²) in [5.74, 6) is 0. The summed E-state index contributed by atoms with van der Waals surface area (Å²) in [5.41, 5.74) is 3.02. The molecule has 0 aliphatic carbocycles. The zero-order chi connectivity index (χ0) is 10.0. The molecule has 1 saturated heterocycles. The molecular formula is C12H17NO. The Morgan fingerprint density at radius 1 is 1.36 bits per heavy atom. The van der Waals surface area contributed by atoms with Crippen molar-refractivity contribution in [2.75, 3.05) is 26.8 Å². The average Bonchev–Trinajstić information content (AvgIpc) is 2.13. The second-order valence-corrected chi connectivity index (χ2v) is 4.13. The lowest BCUT2D eigenvalue weighted by Gasteiger charge is -2.43. The topological polar surface area (TPSA) is 21.3 Å². The van der Waals surface area contributed by atoms with Gasteiger partial charge in [0, 0.05) is 25.6 Å². The van der Waals surface area contributed by atoms with Crippen LogP contribution in [0.1, 0.15) is 11.1 Å². The largest absolute Gasteiger partial charge is 0.384 e. The van der Waals surface area contributed by atoms with Crippen molar-refractivity contribution >= 4 is 0 Å². The van der Waals surface area contributed by atoms with Gasteiger partial charge in [-0.25, -0.2) is 0 Å². The standard InChI is InChI=1S/C12H17NO/c1-10-5-3-4-6-11(10)12(9-14-2)7-13-8-12/h3-6,13H,7-9H2,1-2H3. The minimum absolute atomic E-state index is 0.222. The lowest BCUT2D eigenvalue weighted by Crippen LogP contribution is -2.59. The van der Waals surface area contributed by atoms with Crippen LogP contribution < -0.4 is 5.32 Å². The Balaban J connectivity index is 2.32. The zero-order valence-corrected chi connectivity index (χ0v) is 8.84. The molecule has 0 radical (unpaired) electrons. The fourth-order valence-corrected chi connectivity index (χ4v) is 2.24. The minimum Gasteiger partial charge on any atom is -0.384 e. The van der Waals surface area contributed by atoms with E-state index in [-0.39, 0.29) is 5.41 Å². The summed E-state index contributed by atoms with van der Waals surface area (Å²) in [7, 11) is 1.78. The lowest BCUT2D eigenvalue weighted by atomic mass is 9.74. The molecule has 14 heavy (non-hydrogen) atoms. The van der Waals surface area contributed by atoms with Gasteiger partial charge in [-0.2, -0.15) is 0 Å². The fraction of sp³-hybridized carbons (Fsp3) is 0.500. The summed E-state index contributed by atoms with van der Waals surface area (Å²) >= 11 is 0. The quantitative estimate of drug-likeness (QED) is 0.781. The SMILES string of the molecule is COCC1(c2ccccc2C)CNC1. The number of hydrogen-bond acceptors (Lipinski definition) is 2. The van der Waals surface area contributed by atoms with E-state index >= 15 is 0 Å². The molecule has 1 aromatic rings. The van der Waals surface area contributed by atoms with Gasteiger partial charge in [0.15, 0.2) is 0 Å². The highest BCUT2D eigenvalue weighted by Crippen LogP contribution is 2.30. The first-order valence-electron chi connectivity index (χ1n) is 5.04. The molecule has 1 fully saturated rings. The molecular weight excluding hydrogens is 174 g/mol. The van der Waals surface area contributed by atoms with Gasteiger partial charge < -0.3 is 10.1 Å². The smallest absolute Gasteiger partial charge is 0.0583 e. The van der Waals surface area contributed by atoms with E-state index in [1.165, 1.54) is 11.1 Å². The van der Waals surface area contributed by atoms with Crippen LogP contribution in [0.15, 0.2) is 24.3 Å². The average molecular weight is 191 g/mol. The highest BCUT2D eigenvalue weighted by molar-refractivity contribution is 5.36. The molecule has 2 nitrogen and oxygen atoms in total. The van der Waals surface area contributed by atoms with Gasteiger partial charge in [0.25, 0.3) is 0 Å². The molecule has 0 bridgehead atoms. The van der Waals surface area contributed by atoms with Gasteiger partial charge >= 0.3 is 0 Å². The van der Waals surface area contributed by atoms with Gasteiger partial charge in [-0.15, -0.1) is 0 Å². The second-order valence-electron chi connectivity index (χ2n) is 4.13. The third-order valence-electron chi connectivity index (χ3n) is 3.06. The fourth-order valence-electron chi connectivity index (χ4n) is 2.24. The van der Waals surface area contributed by atoms with Gasteiger partial charge in [0.05, 0.1) is 6.61 Å². The van der Waals surface area contributed by atoms with Crippen LogP contribution in [0.3, 0.4) is 0 Å². The summed E-state index contributed by atoms with van der Waals surface area (Å²) in [4.78, 5) is 0. The molecule has 0 unspecified atom stereocenters. The van der Waals surface area contributed by atoms with Crippen LogP contribution in [0.5, 0.6) is 0 Å². The number of ether oxygens (including phenoxy) is 1. The van der Waals surface area contributed by atoms with E-state index in [1.807, 2.05) is 0 Å². The Labute approximate surface area is 85.3 Å². The van der Waals surface area contributed by atoms with E-state index in [2.05, 4.69) is 36.5 Å². The number of methoxy groups -OCH3 is 1. The maximum absolute atomic E-state index is 5.32. The maximum Gasteiger partial charge on any atom is 0.0583 e. The van der Waals surface area contributed by atoms with Gasteiger partial charge in [-0.1, -0.05) is 24.3 Å². The number of rotatable bonds is 3. The predicted octanol–water partition coefficient (Wildman–Crippen LogP) is 1.48. The summed E-state index contributed by atoms with van der Waals surface area (Å²) in [6, 6.07) is 8.59. The molecule has 0 atom stereocenters. The van der Waals surface area contributed by atoms with Crippen molar-refractivity contribution in [3.05, 3.63) is 35.4 Å². The summed E-state index contributed by atoms with van der Waals surface area (Å²) in [6.07, 6.45) is 0. The van der Waals surface area contributed by atoms with E-state index in [1.54, 1.807) is 7.11 Å². The molecule has 1 heterocycles. The number of hydrogen-bond donors (Lipinski definition) is 1. The predicted molar refractivity (Wildman–Crippen MR) is 57.6 cm³/mol. The molecule has 1 N–H and O–H groups in total. The third kappa shape index (κ3) is 1.45. The van der Waals surface area contributed by atoms with Crippen LogP contribution in [0, 0.1) is 6.92 Å². The Kier molecular flexibility index (Phi) is 2.57. The highest BCUT2D eigenvalue weighted by Gasteiger charge is 2.39. The maximum atomic E-state index is 5.32. The molecule has 1 aliphatic rings. The minimum atomic E-state index is 0.222. The van der Waals surface area contributed by atoms with Crippen molar-refractivity contribution in [2.24, 2.45) is 0 Å². The first-order valence-corrected chi connectivity index (χ1v) is 5.04. The number of nitrogens with one attached hydrogen (secondary N) is 1. The Bertz CT molecular complexity index is 318. The molecule has 0 amide bonds. The first kappa shape index (κ1) is 9.69. The molecule has 1 aliphatic heterocycles. The molecule has 2 heteroatoms. The highest BCUT2D eigenvalue weighted by atomic mass is 16.5. The summed E-state index contributed by atoms with van der Waals surface area (Å²) in [5, 5.41) is 3.33. The summed E-state index contributed by atoms with van der Waals surface area (Å²) in [6.45, 7) is 5.05. The first-order chi connectivity index (χ1) is 6.78. The van der Waals surface area contributed by atoms with Crippen molar-refractivity contribution in [3.8, 4) is 0 Å². The Hall–Kier alpha value is -0.860. The van der Waals surface area contributed by atoms with Crippen LogP contribution in [0.25, 0.3) is 0 Å². The number of aryl methyl sites for hydroxylation is 1. The number of benzene rings is 1. The van der Waals surface area contributed by atoms with Gasteiger partial charge in [0.2, 0.25) is 0 Å². The van der Waals surface area contributed by atoms with Crippen LogP contribution in [-0.4, -0.2) is 26.8 Å². The monoisotopic (exact) mass is 191 g/mol. The van der Waals surface area contributed by atoms with Gasteiger partial charge in [0.1, 0.15) is 0 Å². The van der Waals surface area contributed by atoms with Crippen molar-refractivity contribution < 1.29 is 4.74 Å². The van der Waals surface area contributed by atoms with E-state index in [0.717, 1.165) is 19.7 Å². The van der Waals surface area contributed by atoms with Gasteiger partial charge in [-0.05, 0) is 18.1 Å². The van der Waals surface area contributed by atoms with E-state index in [9.17, 15) is 0 Å². The Morgan fingerprint density at radius 2 is 2.07 bits per heavy atom. The zero-order valence-electron chi connectivity index (χ0n) is 8.84. The summed E-state index contributed by atoms with van der Waals surface area (Å²) < 4.78 is 5.32. The van der Waals surface area contributed by atoms with Crippen molar-refractivity contribution in [1.82, 2.24) is 5.32 Å². The van der Waals surface area contributed by atoms with Crippen molar-refractivity contribution in [2.45, 2.75) is 12.3 Å². The normalized spacial score (nSPS) is 19.0. The molecule has 1 aromatic carbocycles. The molecule has 0 aromatic heterocycles. The molecule has 0 spiro atoms. The van der Waals surface area contributed by atoms with E-state index < -0.39 is 0 Å². The van der Waals surface area contributed by atoms with Gasteiger partial charge in [-0.3, -0.25) is 0 Å². The lowest BCUT2D eigenvalue weighted by molar-refractivity contribution is 0.0943. The van der Waals surface area contributed by atoms with E-state index in [4.69, 9.17) is 4.74 Å². The third-order valence-corrected chi connectivity index (χ3v) is 3.06. The van der Waals surface area contributed by atoms with Crippen LogP contribution in [0.4, 0.5) is 0 Å².